The number of pyridine rings is 1. The first kappa shape index (κ1) is 21.3. The van der Waals surface area contributed by atoms with Crippen LogP contribution in [-0.2, 0) is 4.74 Å². The summed E-state index contributed by atoms with van der Waals surface area (Å²) < 4.78 is 5.38. The third-order valence-electron chi connectivity index (χ3n) is 6.19. The van der Waals surface area contributed by atoms with Gasteiger partial charge >= 0.3 is 6.09 Å². The molecule has 2 atom stereocenters. The number of alkyl carbamates (subject to hydrolysis) is 1. The number of rotatable bonds is 4. The first-order valence-electron chi connectivity index (χ1n) is 10.8. The van der Waals surface area contributed by atoms with Crippen LogP contribution in [0, 0.1) is 18.8 Å². The van der Waals surface area contributed by atoms with E-state index in [1.165, 1.54) is 4.80 Å². The van der Waals surface area contributed by atoms with Gasteiger partial charge in [0.15, 0.2) is 5.69 Å². The zero-order valence-electron chi connectivity index (χ0n) is 18.7. The lowest BCUT2D eigenvalue weighted by Gasteiger charge is -2.57. The maximum atomic E-state index is 13.8. The Balaban J connectivity index is 1.60. The van der Waals surface area contributed by atoms with Crippen LogP contribution in [0.1, 0.15) is 56.7 Å². The molecule has 1 N–H and O–H groups in total. The molecule has 2 aliphatic heterocycles. The third-order valence-corrected chi connectivity index (χ3v) is 6.19. The Morgan fingerprint density at radius 2 is 1.87 bits per heavy atom. The largest absolute Gasteiger partial charge is 0.444 e. The van der Waals surface area contributed by atoms with Crippen LogP contribution >= 0.6 is 0 Å². The van der Waals surface area contributed by atoms with Crippen molar-refractivity contribution >= 4 is 12.0 Å². The molecule has 2 saturated heterocycles. The van der Waals surface area contributed by atoms with Crippen LogP contribution in [0.15, 0.2) is 24.5 Å². The Bertz CT molecular complexity index is 962. The van der Waals surface area contributed by atoms with E-state index in [1.54, 1.807) is 12.4 Å². The van der Waals surface area contributed by atoms with Gasteiger partial charge in [0, 0.05) is 18.3 Å². The summed E-state index contributed by atoms with van der Waals surface area (Å²) in [7, 11) is 0. The summed E-state index contributed by atoms with van der Waals surface area (Å²) in [4.78, 5) is 33.9. The second-order valence-electron chi connectivity index (χ2n) is 9.55. The van der Waals surface area contributed by atoms with E-state index in [-0.39, 0.29) is 23.9 Å². The molecule has 9 nitrogen and oxygen atoms in total. The van der Waals surface area contributed by atoms with E-state index < -0.39 is 11.7 Å². The second-order valence-corrected chi connectivity index (χ2v) is 9.55. The van der Waals surface area contributed by atoms with E-state index in [1.807, 2.05) is 44.7 Å². The highest BCUT2D eigenvalue weighted by molar-refractivity contribution is 5.96. The monoisotopic (exact) mass is 426 g/mol. The normalized spacial score (nSPS) is 25.0. The number of hydrogen-bond acceptors (Lipinski definition) is 6. The topological polar surface area (TPSA) is 102 Å². The number of carbonyl (C=O) groups is 2. The smallest absolute Gasteiger partial charge is 0.407 e. The predicted octanol–water partition coefficient (Wildman–Crippen LogP) is 2.73. The summed E-state index contributed by atoms with van der Waals surface area (Å²) in [6.45, 7) is 9.84. The summed E-state index contributed by atoms with van der Waals surface area (Å²) in [6.07, 6.45) is 4.64. The van der Waals surface area contributed by atoms with Gasteiger partial charge in [-0.2, -0.15) is 10.2 Å². The van der Waals surface area contributed by atoms with E-state index in [0.717, 1.165) is 18.5 Å². The summed E-state index contributed by atoms with van der Waals surface area (Å²) >= 11 is 0. The first-order valence-corrected chi connectivity index (χ1v) is 10.8. The van der Waals surface area contributed by atoms with E-state index in [4.69, 9.17) is 4.74 Å². The van der Waals surface area contributed by atoms with Gasteiger partial charge in [0.2, 0.25) is 0 Å². The van der Waals surface area contributed by atoms with Crippen LogP contribution in [0.5, 0.6) is 0 Å². The molecule has 2 aromatic heterocycles. The highest BCUT2D eigenvalue weighted by Crippen LogP contribution is 2.46. The molecule has 2 amide bonds. The van der Waals surface area contributed by atoms with Crippen molar-refractivity contribution in [2.45, 2.75) is 65.1 Å². The van der Waals surface area contributed by atoms with Crippen molar-refractivity contribution < 1.29 is 14.3 Å². The van der Waals surface area contributed by atoms with Crippen molar-refractivity contribution in [1.82, 2.24) is 30.2 Å². The number of hydrogen-bond donors (Lipinski definition) is 1. The standard InChI is InChI=1S/C22H30N6O3/c1-13-6-7-17(28-24-8-9-25-28)19(26-13)20(29)27-16-10-15(11-16)14(2)18(27)12-23-21(30)31-22(3,4)5/h6-9,14-16,18H,10-12H2,1-5H3,(H,23,30)/t14-,15?,16?,18?/m0/s1. The maximum absolute atomic E-state index is 13.8. The molecule has 5 rings (SSSR count). The van der Waals surface area contributed by atoms with Gasteiger partial charge in [-0.1, -0.05) is 6.92 Å². The summed E-state index contributed by atoms with van der Waals surface area (Å²) in [5.74, 6) is 0.680. The van der Waals surface area contributed by atoms with Gasteiger partial charge in [-0.3, -0.25) is 4.79 Å². The fourth-order valence-electron chi connectivity index (χ4n) is 4.56. The molecule has 166 valence electrons. The molecule has 0 radical (unpaired) electrons. The van der Waals surface area contributed by atoms with Crippen molar-refractivity contribution in [3.05, 3.63) is 35.9 Å². The minimum atomic E-state index is -0.572. The molecule has 0 spiro atoms. The average Bonchev–Trinajstić information content (AvgIpc) is 3.18. The molecular formula is C22H30N6O3. The number of amides is 2. The van der Waals surface area contributed by atoms with Gasteiger partial charge in [0.25, 0.3) is 5.91 Å². The molecule has 9 heteroatoms. The van der Waals surface area contributed by atoms with E-state index in [2.05, 4.69) is 27.4 Å². The minimum absolute atomic E-state index is 0.127. The molecule has 0 aromatic carbocycles. The van der Waals surface area contributed by atoms with Crippen molar-refractivity contribution in [3.63, 3.8) is 0 Å². The van der Waals surface area contributed by atoms with E-state index in [9.17, 15) is 9.59 Å². The predicted molar refractivity (Wildman–Crippen MR) is 114 cm³/mol. The first-order chi connectivity index (χ1) is 14.6. The zero-order chi connectivity index (χ0) is 22.3. The third kappa shape index (κ3) is 4.26. The molecule has 1 unspecified atom stereocenters. The Labute approximate surface area is 182 Å². The Morgan fingerprint density at radius 1 is 1.19 bits per heavy atom. The lowest BCUT2D eigenvalue weighted by molar-refractivity contribution is -0.0547. The lowest BCUT2D eigenvalue weighted by Crippen LogP contribution is -2.65. The molecule has 1 aliphatic carbocycles. The van der Waals surface area contributed by atoms with Gasteiger partial charge in [-0.25, -0.2) is 9.78 Å². The van der Waals surface area contributed by atoms with Crippen LogP contribution in [-0.4, -0.2) is 61.1 Å². The Morgan fingerprint density at radius 3 is 2.52 bits per heavy atom. The minimum Gasteiger partial charge on any atom is -0.444 e. The SMILES string of the molecule is Cc1ccc(-n2nccn2)c(C(=O)N2C3CC(C3)[C@H](C)C2CNC(=O)OC(C)(C)C)n1. The average molecular weight is 427 g/mol. The highest BCUT2D eigenvalue weighted by Gasteiger charge is 2.51. The Kier molecular flexibility index (Phi) is 5.45. The molecule has 3 fully saturated rings. The maximum Gasteiger partial charge on any atom is 0.407 e. The van der Waals surface area contributed by atoms with Crippen LogP contribution in [0.2, 0.25) is 0 Å². The number of piperidine rings is 2. The molecule has 3 aliphatic rings. The summed E-state index contributed by atoms with van der Waals surface area (Å²) in [5, 5.41) is 11.2. The number of aromatic nitrogens is 4. The molecular weight excluding hydrogens is 396 g/mol. The number of fused-ring (bicyclic) bond motifs is 2. The fraction of sp³-hybridized carbons (Fsp3) is 0.591. The van der Waals surface area contributed by atoms with Crippen molar-refractivity contribution in [2.75, 3.05) is 6.54 Å². The lowest BCUT2D eigenvalue weighted by atomic mass is 9.64. The van der Waals surface area contributed by atoms with Crippen molar-refractivity contribution in [2.24, 2.45) is 11.8 Å². The van der Waals surface area contributed by atoms with E-state index in [0.29, 0.717) is 23.8 Å². The number of nitrogens with one attached hydrogen (secondary N) is 1. The molecule has 2 bridgehead atoms. The van der Waals surface area contributed by atoms with Gasteiger partial charge < -0.3 is 15.0 Å². The summed E-state index contributed by atoms with van der Waals surface area (Å²) in [5.41, 5.74) is 1.06. The Hall–Kier alpha value is -2.97. The van der Waals surface area contributed by atoms with Crippen molar-refractivity contribution in [3.8, 4) is 5.69 Å². The van der Waals surface area contributed by atoms with Gasteiger partial charge in [0.05, 0.1) is 18.4 Å². The summed E-state index contributed by atoms with van der Waals surface area (Å²) in [6, 6.07) is 3.69. The van der Waals surface area contributed by atoms with Crippen LogP contribution in [0.4, 0.5) is 4.79 Å². The zero-order valence-corrected chi connectivity index (χ0v) is 18.7. The number of carbonyl (C=O) groups excluding carboxylic acids is 2. The van der Waals surface area contributed by atoms with Crippen LogP contribution in [0.25, 0.3) is 5.69 Å². The molecule has 4 heterocycles. The quantitative estimate of drug-likeness (QED) is 0.807. The molecule has 2 aromatic rings. The van der Waals surface area contributed by atoms with Gasteiger partial charge in [-0.05, 0) is 64.5 Å². The highest BCUT2D eigenvalue weighted by atomic mass is 16.6. The fourth-order valence-corrected chi connectivity index (χ4v) is 4.56. The number of aryl methyl sites for hydroxylation is 1. The number of ether oxygens (including phenoxy) is 1. The second kappa shape index (κ2) is 7.94. The van der Waals surface area contributed by atoms with Gasteiger partial charge in [0.1, 0.15) is 11.3 Å². The van der Waals surface area contributed by atoms with Crippen LogP contribution < -0.4 is 5.32 Å². The molecule has 31 heavy (non-hydrogen) atoms. The van der Waals surface area contributed by atoms with E-state index >= 15 is 0 Å². The number of nitrogens with zero attached hydrogens (tertiary/aromatic N) is 5. The van der Waals surface area contributed by atoms with Crippen LogP contribution in [0.3, 0.4) is 0 Å². The van der Waals surface area contributed by atoms with Crippen molar-refractivity contribution in [1.29, 1.82) is 0 Å². The van der Waals surface area contributed by atoms with Gasteiger partial charge in [-0.15, -0.1) is 4.80 Å². The molecule has 1 saturated carbocycles.